The van der Waals surface area contributed by atoms with Crippen LogP contribution in [0.25, 0.3) is 0 Å². The van der Waals surface area contributed by atoms with Crippen molar-refractivity contribution < 1.29 is 0 Å². The van der Waals surface area contributed by atoms with Gasteiger partial charge in [-0.05, 0) is 12.8 Å². The molecule has 2 heteroatoms. The highest BCUT2D eigenvalue weighted by Crippen LogP contribution is 2.29. The van der Waals surface area contributed by atoms with Crippen molar-refractivity contribution in [2.75, 3.05) is 12.3 Å². The molecule has 1 nitrogen and oxygen atoms in total. The first kappa shape index (κ1) is 8.89. The van der Waals surface area contributed by atoms with E-state index in [0.717, 1.165) is 11.3 Å². The van der Waals surface area contributed by atoms with Crippen LogP contribution >= 0.6 is 11.8 Å². The smallest absolute Gasteiger partial charge is 0.0201 e. The standard InChI is InChI=1S/C10H19NS/c1-2-4-6-10-9(5-3-1)11-7-8-12-10/h9-11H,1-8H2. The molecule has 0 spiro atoms. The summed E-state index contributed by atoms with van der Waals surface area (Å²) >= 11 is 2.21. The maximum Gasteiger partial charge on any atom is 0.0201 e. The molecule has 0 bridgehead atoms. The summed E-state index contributed by atoms with van der Waals surface area (Å²) in [6.45, 7) is 1.24. The van der Waals surface area contributed by atoms with Crippen molar-refractivity contribution in [1.29, 1.82) is 0 Å². The average molecular weight is 185 g/mol. The van der Waals surface area contributed by atoms with Gasteiger partial charge >= 0.3 is 0 Å². The molecule has 2 aliphatic rings. The number of hydrogen-bond acceptors (Lipinski definition) is 2. The van der Waals surface area contributed by atoms with Crippen LogP contribution in [0.4, 0.5) is 0 Å². The monoisotopic (exact) mass is 185 g/mol. The molecule has 1 N–H and O–H groups in total. The summed E-state index contributed by atoms with van der Waals surface area (Å²) in [6, 6.07) is 0.851. The van der Waals surface area contributed by atoms with Gasteiger partial charge < -0.3 is 5.32 Å². The van der Waals surface area contributed by atoms with Gasteiger partial charge in [-0.1, -0.05) is 25.7 Å². The zero-order valence-corrected chi connectivity index (χ0v) is 8.54. The maximum atomic E-state index is 3.67. The number of hydrogen-bond donors (Lipinski definition) is 1. The number of thioether (sulfide) groups is 1. The van der Waals surface area contributed by atoms with Crippen LogP contribution in [-0.2, 0) is 0 Å². The number of nitrogens with one attached hydrogen (secondary N) is 1. The van der Waals surface area contributed by atoms with E-state index >= 15 is 0 Å². The van der Waals surface area contributed by atoms with Crippen molar-refractivity contribution in [2.45, 2.75) is 49.8 Å². The highest BCUT2D eigenvalue weighted by molar-refractivity contribution is 8.00. The third-order valence-electron chi connectivity index (χ3n) is 3.04. The molecule has 2 atom stereocenters. The van der Waals surface area contributed by atoms with E-state index in [-0.39, 0.29) is 0 Å². The zero-order chi connectivity index (χ0) is 8.23. The Bertz CT molecular complexity index is 122. The van der Waals surface area contributed by atoms with Gasteiger partial charge in [-0.2, -0.15) is 11.8 Å². The Balaban J connectivity index is 1.89. The second kappa shape index (κ2) is 4.52. The van der Waals surface area contributed by atoms with Crippen molar-refractivity contribution in [3.63, 3.8) is 0 Å². The lowest BCUT2D eigenvalue weighted by molar-refractivity contribution is 0.398. The largest absolute Gasteiger partial charge is 0.312 e. The Hall–Kier alpha value is 0.310. The van der Waals surface area contributed by atoms with Crippen LogP contribution < -0.4 is 5.32 Å². The van der Waals surface area contributed by atoms with E-state index in [1.54, 1.807) is 0 Å². The SMILES string of the molecule is C1CCCC2SCCNC2CC1. The van der Waals surface area contributed by atoms with Crippen LogP contribution in [0.3, 0.4) is 0 Å². The Morgan fingerprint density at radius 2 is 1.83 bits per heavy atom. The summed E-state index contributed by atoms with van der Waals surface area (Å²) in [5.74, 6) is 1.33. The minimum Gasteiger partial charge on any atom is -0.312 e. The molecule has 2 fully saturated rings. The van der Waals surface area contributed by atoms with Crippen LogP contribution in [-0.4, -0.2) is 23.6 Å². The van der Waals surface area contributed by atoms with E-state index in [9.17, 15) is 0 Å². The van der Waals surface area contributed by atoms with Crippen molar-refractivity contribution in [3.8, 4) is 0 Å². The zero-order valence-electron chi connectivity index (χ0n) is 7.72. The first-order chi connectivity index (χ1) is 5.97. The molecule has 1 saturated carbocycles. The normalized spacial score (nSPS) is 38.0. The summed E-state index contributed by atoms with van der Waals surface area (Å²) in [4.78, 5) is 0. The molecule has 0 aromatic carbocycles. The third kappa shape index (κ3) is 2.17. The summed E-state index contributed by atoms with van der Waals surface area (Å²) in [7, 11) is 0. The van der Waals surface area contributed by atoms with Crippen molar-refractivity contribution in [2.24, 2.45) is 0 Å². The minimum atomic E-state index is 0.851. The van der Waals surface area contributed by atoms with Gasteiger partial charge in [0.25, 0.3) is 0 Å². The molecule has 1 aliphatic carbocycles. The minimum absolute atomic E-state index is 0.851. The molecule has 0 aromatic heterocycles. The Labute approximate surface area is 79.7 Å². The summed E-state index contributed by atoms with van der Waals surface area (Å²) in [5, 5.41) is 4.61. The first-order valence-corrected chi connectivity index (χ1v) is 6.37. The van der Waals surface area contributed by atoms with E-state index < -0.39 is 0 Å². The topological polar surface area (TPSA) is 12.0 Å². The lowest BCUT2D eigenvalue weighted by atomic mass is 9.96. The van der Waals surface area contributed by atoms with E-state index in [2.05, 4.69) is 17.1 Å². The Kier molecular flexibility index (Phi) is 3.35. The lowest BCUT2D eigenvalue weighted by Crippen LogP contribution is -2.44. The van der Waals surface area contributed by atoms with Crippen molar-refractivity contribution in [1.82, 2.24) is 5.32 Å². The molecular formula is C10H19NS. The fourth-order valence-electron chi connectivity index (χ4n) is 2.34. The van der Waals surface area contributed by atoms with E-state index in [1.165, 1.54) is 50.8 Å². The predicted molar refractivity (Wildman–Crippen MR) is 55.7 cm³/mol. The van der Waals surface area contributed by atoms with Gasteiger partial charge in [0.2, 0.25) is 0 Å². The quantitative estimate of drug-likeness (QED) is 0.622. The van der Waals surface area contributed by atoms with Crippen LogP contribution in [0.1, 0.15) is 38.5 Å². The van der Waals surface area contributed by atoms with Gasteiger partial charge in [0.15, 0.2) is 0 Å². The maximum absolute atomic E-state index is 3.67. The molecule has 12 heavy (non-hydrogen) atoms. The summed E-state index contributed by atoms with van der Waals surface area (Å²) in [6.07, 6.45) is 8.75. The molecule has 1 aliphatic heterocycles. The molecule has 0 aromatic rings. The highest BCUT2D eigenvalue weighted by Gasteiger charge is 2.25. The second-order valence-corrected chi connectivity index (χ2v) is 5.31. The van der Waals surface area contributed by atoms with Gasteiger partial charge in [-0.25, -0.2) is 0 Å². The molecule has 0 amide bonds. The van der Waals surface area contributed by atoms with Crippen LogP contribution in [0, 0.1) is 0 Å². The molecule has 1 heterocycles. The molecule has 2 unspecified atom stereocenters. The molecule has 0 radical (unpaired) electrons. The Morgan fingerprint density at radius 3 is 2.75 bits per heavy atom. The van der Waals surface area contributed by atoms with Crippen LogP contribution in [0.2, 0.25) is 0 Å². The average Bonchev–Trinajstić information content (AvgIpc) is 2.06. The predicted octanol–water partition coefficient (Wildman–Crippen LogP) is 2.41. The van der Waals surface area contributed by atoms with Gasteiger partial charge in [-0.3, -0.25) is 0 Å². The molecule has 2 rings (SSSR count). The van der Waals surface area contributed by atoms with Crippen LogP contribution in [0.15, 0.2) is 0 Å². The van der Waals surface area contributed by atoms with E-state index in [1.807, 2.05) is 0 Å². The first-order valence-electron chi connectivity index (χ1n) is 5.32. The lowest BCUT2D eigenvalue weighted by Gasteiger charge is -2.33. The van der Waals surface area contributed by atoms with Gasteiger partial charge in [0, 0.05) is 23.6 Å². The summed E-state index contributed by atoms with van der Waals surface area (Å²) in [5.41, 5.74) is 0. The van der Waals surface area contributed by atoms with E-state index in [4.69, 9.17) is 0 Å². The highest BCUT2D eigenvalue weighted by atomic mass is 32.2. The number of rotatable bonds is 0. The third-order valence-corrected chi connectivity index (χ3v) is 4.48. The van der Waals surface area contributed by atoms with Crippen molar-refractivity contribution >= 4 is 11.8 Å². The molecule has 1 saturated heterocycles. The molecule has 70 valence electrons. The van der Waals surface area contributed by atoms with Gasteiger partial charge in [0.05, 0.1) is 0 Å². The van der Waals surface area contributed by atoms with Crippen molar-refractivity contribution in [3.05, 3.63) is 0 Å². The second-order valence-electron chi connectivity index (χ2n) is 3.96. The van der Waals surface area contributed by atoms with Gasteiger partial charge in [-0.15, -0.1) is 0 Å². The fraction of sp³-hybridized carbons (Fsp3) is 1.00. The molecular weight excluding hydrogens is 166 g/mol. The van der Waals surface area contributed by atoms with Crippen LogP contribution in [0.5, 0.6) is 0 Å². The summed E-state index contributed by atoms with van der Waals surface area (Å²) < 4.78 is 0. The fourth-order valence-corrected chi connectivity index (χ4v) is 3.67. The van der Waals surface area contributed by atoms with Gasteiger partial charge in [0.1, 0.15) is 0 Å². The van der Waals surface area contributed by atoms with E-state index in [0.29, 0.717) is 0 Å². The Morgan fingerprint density at radius 1 is 1.00 bits per heavy atom. The number of fused-ring (bicyclic) bond motifs is 1.